The number of carbonyl (C=O) groups excluding carboxylic acids is 3. The molecule has 0 spiro atoms. The van der Waals surface area contributed by atoms with Crippen molar-refractivity contribution in [2.75, 3.05) is 0 Å². The molecule has 44 heavy (non-hydrogen) atoms. The average Bonchev–Trinajstić information content (AvgIpc) is 2.91. The van der Waals surface area contributed by atoms with Gasteiger partial charge in [0.2, 0.25) is 0 Å². The second kappa shape index (κ2) is 12.7. The Bertz CT molecular complexity index is 1490. The largest absolute Gasteiger partial charge is 0.506 e. The summed E-state index contributed by atoms with van der Waals surface area (Å²) in [5, 5.41) is 31.7. The lowest BCUT2D eigenvalue weighted by Crippen LogP contribution is -2.69. The molecule has 1 aromatic rings. The lowest BCUT2D eigenvalue weighted by Gasteiger charge is -2.60. The highest BCUT2D eigenvalue weighted by Crippen LogP contribution is 2.66. The van der Waals surface area contributed by atoms with E-state index >= 15 is 4.79 Å². The molecule has 0 aliphatic heterocycles. The maximum atomic E-state index is 15.2. The number of phenolic OH excluding ortho intramolecular Hbond substituents is 2. The zero-order valence-electron chi connectivity index (χ0n) is 27.9. The van der Waals surface area contributed by atoms with Gasteiger partial charge < -0.3 is 15.3 Å². The van der Waals surface area contributed by atoms with Crippen LogP contribution in [0.15, 0.2) is 70.9 Å². The summed E-state index contributed by atoms with van der Waals surface area (Å²) < 4.78 is 0. The standard InChI is InChI=1S/C38H50O6/c1-22(2)11-13-27(25(7)8)20-37-21-28(15-12-23(3)4)36(9,10)38(35(37)44,18-17-24(5)6)34(43)31(33(37)42)32(41)26-14-16-29(39)30(40)19-26/h11-12,14,16-17,19,27-28,39-41H,7,13,15,18,20-21H2,1-6,8-10H3/b32-31-/t27-,28+,37-,38+/m0/s1. The maximum Gasteiger partial charge on any atom is 0.184 e. The first-order valence-electron chi connectivity index (χ1n) is 15.5. The van der Waals surface area contributed by atoms with Gasteiger partial charge in [-0.05, 0) is 116 Å². The average molecular weight is 603 g/mol. The van der Waals surface area contributed by atoms with E-state index in [1.807, 2.05) is 68.4 Å². The van der Waals surface area contributed by atoms with Gasteiger partial charge in [0.1, 0.15) is 16.7 Å². The molecule has 3 rings (SSSR count). The summed E-state index contributed by atoms with van der Waals surface area (Å²) in [6.45, 7) is 21.9. The Morgan fingerprint density at radius 1 is 0.909 bits per heavy atom. The Morgan fingerprint density at radius 2 is 1.50 bits per heavy atom. The summed E-state index contributed by atoms with van der Waals surface area (Å²) in [4.78, 5) is 44.9. The number of benzene rings is 1. The highest BCUT2D eigenvalue weighted by atomic mass is 16.3. The van der Waals surface area contributed by atoms with Crippen molar-refractivity contribution in [3.8, 4) is 11.5 Å². The van der Waals surface area contributed by atoms with E-state index in [1.165, 1.54) is 12.1 Å². The summed E-state index contributed by atoms with van der Waals surface area (Å²) >= 11 is 0. The van der Waals surface area contributed by atoms with Crippen LogP contribution in [0.2, 0.25) is 0 Å². The van der Waals surface area contributed by atoms with E-state index in [0.717, 1.165) is 28.4 Å². The number of fused-ring (bicyclic) bond motifs is 2. The lowest BCUT2D eigenvalue weighted by atomic mass is 9.38. The third-order valence-electron chi connectivity index (χ3n) is 10.0. The van der Waals surface area contributed by atoms with Crippen LogP contribution in [0.25, 0.3) is 5.76 Å². The van der Waals surface area contributed by atoms with E-state index in [2.05, 4.69) is 18.7 Å². The molecule has 0 amide bonds. The molecule has 4 atom stereocenters. The fourth-order valence-corrected chi connectivity index (χ4v) is 7.08. The monoisotopic (exact) mass is 602 g/mol. The third-order valence-corrected chi connectivity index (χ3v) is 10.0. The number of rotatable bonds is 10. The van der Waals surface area contributed by atoms with Gasteiger partial charge in [-0.25, -0.2) is 0 Å². The molecule has 2 fully saturated rings. The smallest absolute Gasteiger partial charge is 0.184 e. The molecule has 6 nitrogen and oxygen atoms in total. The zero-order valence-corrected chi connectivity index (χ0v) is 27.9. The van der Waals surface area contributed by atoms with Gasteiger partial charge in [-0.1, -0.05) is 60.9 Å². The molecule has 3 N–H and O–H groups in total. The molecule has 0 unspecified atom stereocenters. The van der Waals surface area contributed by atoms with Crippen LogP contribution < -0.4 is 0 Å². The minimum atomic E-state index is -1.62. The Labute approximate surface area is 263 Å². The lowest BCUT2D eigenvalue weighted by molar-refractivity contribution is -0.177. The summed E-state index contributed by atoms with van der Waals surface area (Å²) in [5.74, 6) is -3.61. The van der Waals surface area contributed by atoms with E-state index in [-0.39, 0.29) is 42.4 Å². The molecular formula is C38H50O6. The van der Waals surface area contributed by atoms with Crippen molar-refractivity contribution in [1.82, 2.24) is 0 Å². The van der Waals surface area contributed by atoms with Crippen LogP contribution in [-0.4, -0.2) is 32.7 Å². The first-order chi connectivity index (χ1) is 20.3. The van der Waals surface area contributed by atoms with Crippen LogP contribution in [-0.2, 0) is 14.4 Å². The maximum absolute atomic E-state index is 15.2. The quantitative estimate of drug-likeness (QED) is 0.0616. The van der Waals surface area contributed by atoms with E-state index in [9.17, 15) is 24.9 Å². The Kier molecular flexibility index (Phi) is 10.1. The highest BCUT2D eigenvalue weighted by molar-refractivity contribution is 6.41. The molecule has 238 valence electrons. The number of aromatic hydroxyl groups is 2. The number of phenols is 2. The molecule has 1 aromatic carbocycles. The minimum Gasteiger partial charge on any atom is -0.506 e. The first kappa shape index (κ1) is 34.8. The summed E-state index contributed by atoms with van der Waals surface area (Å²) in [6, 6.07) is 3.65. The second-order valence-corrected chi connectivity index (χ2v) is 14.3. The van der Waals surface area contributed by atoms with Gasteiger partial charge in [-0.3, -0.25) is 14.4 Å². The normalized spacial score (nSPS) is 26.0. The van der Waals surface area contributed by atoms with Crippen molar-refractivity contribution in [1.29, 1.82) is 0 Å². The fourth-order valence-electron chi connectivity index (χ4n) is 7.08. The molecular weight excluding hydrogens is 552 g/mol. The number of carbonyl (C=O) groups is 3. The van der Waals surface area contributed by atoms with Crippen LogP contribution in [0.5, 0.6) is 11.5 Å². The Morgan fingerprint density at radius 3 is 2.02 bits per heavy atom. The van der Waals surface area contributed by atoms with Crippen LogP contribution in [0.3, 0.4) is 0 Å². The van der Waals surface area contributed by atoms with Crippen LogP contribution in [0.1, 0.15) is 100.0 Å². The highest BCUT2D eigenvalue weighted by Gasteiger charge is 2.74. The molecule has 0 radical (unpaired) electrons. The number of ketones is 3. The zero-order chi connectivity index (χ0) is 33.4. The van der Waals surface area contributed by atoms with Crippen LogP contribution >= 0.6 is 0 Å². The van der Waals surface area contributed by atoms with Crippen molar-refractivity contribution >= 4 is 23.1 Å². The predicted molar refractivity (Wildman–Crippen MR) is 176 cm³/mol. The number of Topliss-reactive ketones (excluding diaryl/α,β-unsaturated/α-hetero) is 3. The third kappa shape index (κ3) is 6.00. The van der Waals surface area contributed by atoms with Gasteiger partial charge in [0, 0.05) is 5.56 Å². The van der Waals surface area contributed by atoms with E-state index < -0.39 is 50.6 Å². The van der Waals surface area contributed by atoms with Gasteiger partial charge in [0.05, 0.1) is 5.41 Å². The Hall–Kier alpha value is -3.67. The van der Waals surface area contributed by atoms with Crippen molar-refractivity contribution in [2.45, 2.75) is 94.4 Å². The number of aliphatic hydroxyl groups is 1. The minimum absolute atomic E-state index is 0.0110. The van der Waals surface area contributed by atoms with E-state index in [1.54, 1.807) is 0 Å². The molecule has 2 bridgehead atoms. The molecule has 2 saturated carbocycles. The van der Waals surface area contributed by atoms with Crippen molar-refractivity contribution in [2.24, 2.45) is 28.1 Å². The molecule has 2 aliphatic rings. The van der Waals surface area contributed by atoms with Gasteiger partial charge >= 0.3 is 0 Å². The second-order valence-electron chi connectivity index (χ2n) is 14.3. The molecule has 0 saturated heterocycles. The predicted octanol–water partition coefficient (Wildman–Crippen LogP) is 8.76. The van der Waals surface area contributed by atoms with Gasteiger partial charge in [0.15, 0.2) is 28.8 Å². The number of hydrogen-bond donors (Lipinski definition) is 3. The first-order valence-corrected chi connectivity index (χ1v) is 15.5. The summed E-state index contributed by atoms with van der Waals surface area (Å²) in [5.41, 5.74) is -0.453. The van der Waals surface area contributed by atoms with Crippen LogP contribution in [0.4, 0.5) is 0 Å². The fraction of sp³-hybridized carbons (Fsp3) is 0.500. The number of hydrogen-bond acceptors (Lipinski definition) is 6. The van der Waals surface area contributed by atoms with Gasteiger partial charge in [-0.15, -0.1) is 0 Å². The topological polar surface area (TPSA) is 112 Å². The number of aliphatic hydroxyl groups excluding tert-OH is 1. The summed E-state index contributed by atoms with van der Waals surface area (Å²) in [7, 11) is 0. The summed E-state index contributed by atoms with van der Waals surface area (Å²) in [6.07, 6.45) is 7.79. The van der Waals surface area contributed by atoms with Crippen molar-refractivity contribution in [3.05, 3.63) is 76.4 Å². The SMILES string of the molecule is C=C(C)[C@@H](CC=C(C)C)C[C@]12C[C@@H](CC=C(C)C)C(C)(C)[C@](CC=C(C)C)(C(=O)/C(=C(\O)c3ccc(O)c(O)c3)C1=O)C2=O. The molecule has 2 aliphatic carbocycles. The molecule has 6 heteroatoms. The van der Waals surface area contributed by atoms with E-state index in [4.69, 9.17) is 0 Å². The molecule has 0 aromatic heterocycles. The number of allylic oxidation sites excluding steroid dienone is 8. The molecule has 0 heterocycles. The van der Waals surface area contributed by atoms with Gasteiger partial charge in [0.25, 0.3) is 0 Å². The van der Waals surface area contributed by atoms with Crippen molar-refractivity contribution < 1.29 is 29.7 Å². The van der Waals surface area contributed by atoms with E-state index in [0.29, 0.717) is 12.8 Å². The van der Waals surface area contributed by atoms with Crippen molar-refractivity contribution in [3.63, 3.8) is 0 Å². The van der Waals surface area contributed by atoms with Gasteiger partial charge in [-0.2, -0.15) is 0 Å². The van der Waals surface area contributed by atoms with Crippen LogP contribution in [0, 0.1) is 28.1 Å². The Balaban J connectivity index is 2.47.